The molecular weight excluding hydrogens is 747 g/mol. The van der Waals surface area contributed by atoms with Crippen molar-refractivity contribution in [3.05, 3.63) is 0 Å². The van der Waals surface area contributed by atoms with Gasteiger partial charge in [-0.3, -0.25) is 4.79 Å². The minimum absolute atomic E-state index is 0.253. The maximum absolute atomic E-state index is 13.0. The summed E-state index contributed by atoms with van der Waals surface area (Å²) < 4.78 is 11.2. The van der Waals surface area contributed by atoms with Crippen LogP contribution in [0, 0.1) is 0 Å². The van der Waals surface area contributed by atoms with Gasteiger partial charge in [0, 0.05) is 6.42 Å². The topological polar surface area (TPSA) is 169 Å². The fourth-order valence-electron chi connectivity index (χ4n) is 8.44. The normalized spacial score (nSPS) is 21.1. The van der Waals surface area contributed by atoms with Crippen molar-refractivity contribution in [2.24, 2.45) is 0 Å². The van der Waals surface area contributed by atoms with Gasteiger partial charge in [-0.1, -0.05) is 226 Å². The third kappa shape index (κ3) is 30.0. The zero-order valence-electron chi connectivity index (χ0n) is 38.4. The van der Waals surface area contributed by atoms with Crippen molar-refractivity contribution in [2.75, 3.05) is 13.2 Å². The summed E-state index contributed by atoms with van der Waals surface area (Å²) in [7, 11) is 0. The van der Waals surface area contributed by atoms with Crippen molar-refractivity contribution in [3.8, 4) is 0 Å². The molecule has 0 radical (unpaired) electrons. The number of hydrogen-bond donors (Lipinski definition) is 7. The van der Waals surface area contributed by atoms with E-state index in [1.807, 2.05) is 0 Å². The van der Waals surface area contributed by atoms with E-state index in [-0.39, 0.29) is 18.9 Å². The van der Waals surface area contributed by atoms with Gasteiger partial charge in [0.1, 0.15) is 30.5 Å². The molecule has 352 valence electrons. The van der Waals surface area contributed by atoms with Crippen molar-refractivity contribution in [2.45, 2.75) is 294 Å². The monoisotopic (exact) mass is 844 g/mol. The van der Waals surface area contributed by atoms with E-state index in [1.165, 1.54) is 180 Å². The Morgan fingerprint density at radius 3 is 1.25 bits per heavy atom. The Morgan fingerprint density at radius 1 is 0.525 bits per heavy atom. The Kier molecular flexibility index (Phi) is 38.0. The highest BCUT2D eigenvalue weighted by atomic mass is 16.7. The van der Waals surface area contributed by atoms with Crippen LogP contribution >= 0.6 is 0 Å². The Morgan fingerprint density at radius 2 is 0.881 bits per heavy atom. The number of carbonyl (C=O) groups excluding carboxylic acids is 1. The van der Waals surface area contributed by atoms with Crippen LogP contribution in [0.2, 0.25) is 0 Å². The van der Waals surface area contributed by atoms with Crippen LogP contribution in [-0.4, -0.2) is 98.7 Å². The zero-order valence-corrected chi connectivity index (χ0v) is 38.4. The lowest BCUT2D eigenvalue weighted by molar-refractivity contribution is -0.303. The second-order valence-corrected chi connectivity index (χ2v) is 18.1. The lowest BCUT2D eigenvalue weighted by Gasteiger charge is -2.40. The van der Waals surface area contributed by atoms with Gasteiger partial charge in [-0.2, -0.15) is 0 Å². The molecule has 1 aliphatic rings. The minimum Gasteiger partial charge on any atom is -0.394 e. The first kappa shape index (κ1) is 56.2. The molecule has 10 nitrogen and oxygen atoms in total. The first-order valence-electron chi connectivity index (χ1n) is 25.3. The molecule has 2 unspecified atom stereocenters. The molecular formula is C49H97NO9. The fraction of sp³-hybridized carbons (Fsp3) is 0.980. The van der Waals surface area contributed by atoms with Gasteiger partial charge >= 0.3 is 0 Å². The number of carbonyl (C=O) groups is 1. The molecule has 1 aliphatic heterocycles. The molecule has 0 aromatic carbocycles. The third-order valence-electron chi connectivity index (χ3n) is 12.6. The van der Waals surface area contributed by atoms with Crippen LogP contribution in [0.3, 0.4) is 0 Å². The predicted molar refractivity (Wildman–Crippen MR) is 241 cm³/mol. The lowest BCUT2D eigenvalue weighted by atomic mass is 9.98. The third-order valence-corrected chi connectivity index (χ3v) is 12.6. The highest BCUT2D eigenvalue weighted by molar-refractivity contribution is 5.76. The van der Waals surface area contributed by atoms with Gasteiger partial charge in [-0.15, -0.1) is 0 Å². The van der Waals surface area contributed by atoms with Crippen LogP contribution in [0.5, 0.6) is 0 Å². The largest absolute Gasteiger partial charge is 0.394 e. The van der Waals surface area contributed by atoms with E-state index < -0.39 is 55.6 Å². The van der Waals surface area contributed by atoms with Gasteiger partial charge in [-0.25, -0.2) is 0 Å². The van der Waals surface area contributed by atoms with Crippen LogP contribution in [0.1, 0.15) is 245 Å². The number of ether oxygens (including phenoxy) is 2. The smallest absolute Gasteiger partial charge is 0.220 e. The first-order valence-corrected chi connectivity index (χ1v) is 25.3. The number of unbranched alkanes of at least 4 members (excludes halogenated alkanes) is 32. The minimum atomic E-state index is -1.60. The quantitative estimate of drug-likeness (QED) is 0.0296. The average molecular weight is 844 g/mol. The standard InChI is InChI=1S/C49H97NO9/c1-3-5-7-9-11-13-15-17-18-19-20-21-22-23-24-25-26-28-30-32-34-36-38-44(53)50-41(40-58-49-48(57)47(56)46(55)43(39-51)59-49)45(54)42(52)37-35-33-31-29-27-16-14-12-10-8-6-4-2/h41-43,45-49,51-52,54-57H,3-40H2,1-2H3,(H,50,53)/t41-,42+,43+,45-,46+,47?,48?,49+/m0/s1. The molecule has 7 N–H and O–H groups in total. The molecule has 0 saturated carbocycles. The molecule has 10 heteroatoms. The van der Waals surface area contributed by atoms with E-state index in [0.29, 0.717) is 6.42 Å². The summed E-state index contributed by atoms with van der Waals surface area (Å²) >= 11 is 0. The van der Waals surface area contributed by atoms with Crippen molar-refractivity contribution >= 4 is 5.91 Å². The molecule has 0 aliphatic carbocycles. The first-order chi connectivity index (χ1) is 28.8. The highest BCUT2D eigenvalue weighted by Crippen LogP contribution is 2.23. The SMILES string of the molecule is CCCCCCCCCCCCCCCCCCCCCCCCC(=O)N[C@@H](CO[C@@H]1O[C@H](CO)[C@@H](O)C(O)C1O)[C@H](O)[C@H](O)CCCCCCCCCCCCCC. The number of amides is 1. The maximum atomic E-state index is 13.0. The van der Waals surface area contributed by atoms with E-state index >= 15 is 0 Å². The Balaban J connectivity index is 2.28. The van der Waals surface area contributed by atoms with Crippen LogP contribution in [0.4, 0.5) is 0 Å². The fourth-order valence-corrected chi connectivity index (χ4v) is 8.44. The van der Waals surface area contributed by atoms with Gasteiger partial charge in [0.2, 0.25) is 5.91 Å². The molecule has 1 fully saturated rings. The van der Waals surface area contributed by atoms with Crippen molar-refractivity contribution < 1.29 is 44.9 Å². The van der Waals surface area contributed by atoms with Crippen molar-refractivity contribution in [3.63, 3.8) is 0 Å². The highest BCUT2D eigenvalue weighted by Gasteiger charge is 2.44. The van der Waals surface area contributed by atoms with Crippen molar-refractivity contribution in [1.29, 1.82) is 0 Å². The van der Waals surface area contributed by atoms with Gasteiger partial charge in [0.05, 0.1) is 25.4 Å². The van der Waals surface area contributed by atoms with Crippen LogP contribution in [0.25, 0.3) is 0 Å². The summed E-state index contributed by atoms with van der Waals surface area (Å²) in [4.78, 5) is 13.0. The molecule has 59 heavy (non-hydrogen) atoms. The Hall–Kier alpha value is -0.850. The summed E-state index contributed by atoms with van der Waals surface area (Å²) in [5.74, 6) is -0.253. The number of nitrogens with one attached hydrogen (secondary N) is 1. The number of aliphatic hydroxyl groups is 6. The summed E-state index contributed by atoms with van der Waals surface area (Å²) in [6.45, 7) is 3.63. The summed E-state index contributed by atoms with van der Waals surface area (Å²) in [6, 6.07) is -0.984. The van der Waals surface area contributed by atoms with Crippen LogP contribution in [0.15, 0.2) is 0 Å². The van der Waals surface area contributed by atoms with Gasteiger partial charge in [0.25, 0.3) is 0 Å². The maximum Gasteiger partial charge on any atom is 0.220 e. The molecule has 8 atom stereocenters. The second kappa shape index (κ2) is 40.0. The zero-order chi connectivity index (χ0) is 43.2. The summed E-state index contributed by atoms with van der Waals surface area (Å²) in [6.07, 6.45) is 34.0. The van der Waals surface area contributed by atoms with Gasteiger partial charge < -0.3 is 45.4 Å². The van der Waals surface area contributed by atoms with Gasteiger partial charge in [0.15, 0.2) is 6.29 Å². The molecule has 0 spiro atoms. The predicted octanol–water partition coefficient (Wildman–Crippen LogP) is 10.1. The Bertz CT molecular complexity index is 911. The van der Waals surface area contributed by atoms with E-state index in [2.05, 4.69) is 19.2 Å². The van der Waals surface area contributed by atoms with E-state index in [1.54, 1.807) is 0 Å². The number of aliphatic hydroxyl groups excluding tert-OH is 6. The van der Waals surface area contributed by atoms with E-state index in [4.69, 9.17) is 9.47 Å². The molecule has 1 saturated heterocycles. The Labute approximate surface area is 362 Å². The molecule has 0 aromatic rings. The van der Waals surface area contributed by atoms with Crippen LogP contribution in [-0.2, 0) is 14.3 Å². The van der Waals surface area contributed by atoms with E-state index in [0.717, 1.165) is 38.5 Å². The molecule has 1 heterocycles. The molecule has 1 amide bonds. The average Bonchev–Trinajstić information content (AvgIpc) is 3.23. The molecule has 1 rings (SSSR count). The summed E-state index contributed by atoms with van der Waals surface area (Å²) in [5, 5.41) is 65.2. The number of hydrogen-bond acceptors (Lipinski definition) is 9. The molecule has 0 bridgehead atoms. The van der Waals surface area contributed by atoms with Crippen LogP contribution < -0.4 is 5.32 Å². The second-order valence-electron chi connectivity index (χ2n) is 18.1. The summed E-state index contributed by atoms with van der Waals surface area (Å²) in [5.41, 5.74) is 0. The van der Waals surface area contributed by atoms with Gasteiger partial charge in [-0.05, 0) is 12.8 Å². The lowest BCUT2D eigenvalue weighted by Crippen LogP contribution is -2.60. The van der Waals surface area contributed by atoms with Crippen molar-refractivity contribution in [1.82, 2.24) is 5.32 Å². The number of rotatable bonds is 43. The van der Waals surface area contributed by atoms with E-state index in [9.17, 15) is 35.4 Å². The molecule has 0 aromatic heterocycles.